The van der Waals surface area contributed by atoms with Crippen molar-refractivity contribution in [2.24, 2.45) is 5.92 Å². The first kappa shape index (κ1) is 24.0. The lowest BCUT2D eigenvalue weighted by molar-refractivity contribution is 0.155. The van der Waals surface area contributed by atoms with Gasteiger partial charge in [-0.15, -0.1) is 0 Å². The highest BCUT2D eigenvalue weighted by Crippen LogP contribution is 2.28. The van der Waals surface area contributed by atoms with E-state index in [2.05, 4.69) is 39.2 Å². The standard InChI is InChI=1S/C29H37FN4O/c1-21-6-8-25-27(32-21)4-3-5-29(25)35-17-16-33-13-10-23(11-14-33)18-24-7-9-26(30)28(19-24)34-15-12-31-22(2)20-34/h3-9,19,22-23,31H,10-18,20H2,1-2H3/t22-/m1/s1. The van der Waals surface area contributed by atoms with Crippen LogP contribution in [0.5, 0.6) is 5.75 Å². The van der Waals surface area contributed by atoms with Gasteiger partial charge in [0.05, 0.1) is 11.2 Å². The van der Waals surface area contributed by atoms with Gasteiger partial charge in [-0.25, -0.2) is 4.39 Å². The lowest BCUT2D eigenvalue weighted by atomic mass is 9.90. The molecule has 0 bridgehead atoms. The highest BCUT2D eigenvalue weighted by Gasteiger charge is 2.22. The van der Waals surface area contributed by atoms with Crippen LogP contribution in [0.1, 0.15) is 31.0 Å². The molecule has 6 heteroatoms. The number of piperidine rings is 1. The summed E-state index contributed by atoms with van der Waals surface area (Å²) in [6.45, 7) is 10.6. The number of rotatable bonds is 7. The van der Waals surface area contributed by atoms with Crippen molar-refractivity contribution >= 4 is 16.6 Å². The number of benzene rings is 2. The molecular weight excluding hydrogens is 439 g/mol. The van der Waals surface area contributed by atoms with Gasteiger partial charge in [0.15, 0.2) is 0 Å². The zero-order valence-corrected chi connectivity index (χ0v) is 21.0. The summed E-state index contributed by atoms with van der Waals surface area (Å²) in [7, 11) is 0. The Labute approximate surface area is 208 Å². The van der Waals surface area contributed by atoms with Crippen molar-refractivity contribution in [2.45, 2.75) is 39.2 Å². The highest BCUT2D eigenvalue weighted by molar-refractivity contribution is 5.85. The number of hydrogen-bond donors (Lipinski definition) is 1. The Morgan fingerprint density at radius 2 is 1.94 bits per heavy atom. The summed E-state index contributed by atoms with van der Waals surface area (Å²) in [4.78, 5) is 9.29. The Morgan fingerprint density at radius 3 is 2.77 bits per heavy atom. The molecule has 2 aliphatic rings. The summed E-state index contributed by atoms with van der Waals surface area (Å²) < 4.78 is 20.7. The van der Waals surface area contributed by atoms with Crippen LogP contribution < -0.4 is 15.0 Å². The number of likely N-dealkylation sites (tertiary alicyclic amines) is 1. The van der Waals surface area contributed by atoms with Crippen molar-refractivity contribution in [1.29, 1.82) is 0 Å². The summed E-state index contributed by atoms with van der Waals surface area (Å²) in [5.74, 6) is 1.46. The maximum Gasteiger partial charge on any atom is 0.146 e. The molecule has 35 heavy (non-hydrogen) atoms. The second-order valence-corrected chi connectivity index (χ2v) is 10.2. The van der Waals surface area contributed by atoms with Crippen LogP contribution in [0.25, 0.3) is 10.9 Å². The molecule has 186 valence electrons. The van der Waals surface area contributed by atoms with E-state index < -0.39 is 0 Å². The van der Waals surface area contributed by atoms with E-state index in [1.54, 1.807) is 6.07 Å². The summed E-state index contributed by atoms with van der Waals surface area (Å²) in [6, 6.07) is 16.3. The van der Waals surface area contributed by atoms with Gasteiger partial charge in [0.2, 0.25) is 0 Å². The van der Waals surface area contributed by atoms with Crippen molar-refractivity contribution in [3.8, 4) is 5.75 Å². The summed E-state index contributed by atoms with van der Waals surface area (Å²) in [5, 5.41) is 4.51. The molecule has 5 nitrogen and oxygen atoms in total. The molecule has 5 rings (SSSR count). The van der Waals surface area contributed by atoms with E-state index >= 15 is 0 Å². The average molecular weight is 477 g/mol. The molecule has 2 saturated heterocycles. The lowest BCUT2D eigenvalue weighted by Gasteiger charge is -2.34. The minimum Gasteiger partial charge on any atom is -0.492 e. The zero-order chi connectivity index (χ0) is 24.2. The SMILES string of the molecule is Cc1ccc2c(OCCN3CCC(Cc4ccc(F)c(N5CCN[C@H](C)C5)c4)CC3)cccc2n1. The van der Waals surface area contributed by atoms with Crippen molar-refractivity contribution in [3.63, 3.8) is 0 Å². The zero-order valence-electron chi connectivity index (χ0n) is 21.0. The van der Waals surface area contributed by atoms with Gasteiger partial charge in [0, 0.05) is 43.3 Å². The molecule has 0 unspecified atom stereocenters. The molecule has 3 aromatic rings. The Bertz CT molecular complexity index is 1140. The van der Waals surface area contributed by atoms with E-state index in [4.69, 9.17) is 4.74 Å². The topological polar surface area (TPSA) is 40.6 Å². The number of piperazine rings is 1. The van der Waals surface area contributed by atoms with E-state index in [1.807, 2.05) is 37.3 Å². The predicted octanol–water partition coefficient (Wildman–Crippen LogP) is 4.81. The van der Waals surface area contributed by atoms with Gasteiger partial charge in [-0.2, -0.15) is 0 Å². The van der Waals surface area contributed by atoms with Crippen LogP contribution in [-0.2, 0) is 6.42 Å². The van der Waals surface area contributed by atoms with Gasteiger partial charge in [0.1, 0.15) is 18.2 Å². The largest absolute Gasteiger partial charge is 0.492 e. The number of anilines is 1. The smallest absolute Gasteiger partial charge is 0.146 e. The average Bonchev–Trinajstić information content (AvgIpc) is 2.86. The van der Waals surface area contributed by atoms with Crippen LogP contribution in [0.3, 0.4) is 0 Å². The third-order valence-electron chi connectivity index (χ3n) is 7.45. The molecule has 1 N–H and O–H groups in total. The van der Waals surface area contributed by atoms with Gasteiger partial charge in [-0.3, -0.25) is 9.88 Å². The van der Waals surface area contributed by atoms with E-state index in [0.29, 0.717) is 18.6 Å². The van der Waals surface area contributed by atoms with Crippen LogP contribution in [0, 0.1) is 18.7 Å². The van der Waals surface area contributed by atoms with Crippen molar-refractivity contribution < 1.29 is 9.13 Å². The molecule has 0 aliphatic carbocycles. The van der Waals surface area contributed by atoms with Crippen molar-refractivity contribution in [3.05, 3.63) is 65.6 Å². The molecule has 2 aromatic carbocycles. The second-order valence-electron chi connectivity index (χ2n) is 10.2. The van der Waals surface area contributed by atoms with Crippen LogP contribution in [-0.4, -0.2) is 61.8 Å². The molecule has 2 aliphatic heterocycles. The molecule has 1 aromatic heterocycles. The van der Waals surface area contributed by atoms with Crippen LogP contribution in [0.4, 0.5) is 10.1 Å². The van der Waals surface area contributed by atoms with Crippen LogP contribution in [0.15, 0.2) is 48.5 Å². The lowest BCUT2D eigenvalue weighted by Crippen LogP contribution is -2.49. The fourth-order valence-corrected chi connectivity index (χ4v) is 5.47. The number of pyridine rings is 1. The monoisotopic (exact) mass is 476 g/mol. The van der Waals surface area contributed by atoms with E-state index in [-0.39, 0.29) is 5.82 Å². The number of nitrogens with zero attached hydrogens (tertiary/aromatic N) is 3. The Hall–Kier alpha value is -2.70. The van der Waals surface area contributed by atoms with Gasteiger partial charge >= 0.3 is 0 Å². The third-order valence-corrected chi connectivity index (χ3v) is 7.45. The molecule has 3 heterocycles. The fourth-order valence-electron chi connectivity index (χ4n) is 5.47. The molecule has 0 spiro atoms. The number of nitrogens with one attached hydrogen (secondary N) is 1. The van der Waals surface area contributed by atoms with E-state index in [9.17, 15) is 4.39 Å². The quantitative estimate of drug-likeness (QED) is 0.530. The molecule has 0 radical (unpaired) electrons. The third kappa shape index (κ3) is 5.93. The fraction of sp³-hybridized carbons (Fsp3) is 0.483. The molecule has 0 saturated carbocycles. The minimum atomic E-state index is -0.102. The van der Waals surface area contributed by atoms with Gasteiger partial charge in [-0.1, -0.05) is 12.1 Å². The maximum atomic E-state index is 14.6. The summed E-state index contributed by atoms with van der Waals surface area (Å²) >= 11 is 0. The number of ether oxygens (including phenoxy) is 1. The first-order valence-electron chi connectivity index (χ1n) is 13.0. The Balaban J connectivity index is 1.10. The van der Waals surface area contributed by atoms with E-state index in [0.717, 1.165) is 73.7 Å². The maximum absolute atomic E-state index is 14.6. The Morgan fingerprint density at radius 1 is 1.09 bits per heavy atom. The van der Waals surface area contributed by atoms with Crippen molar-refractivity contribution in [1.82, 2.24) is 15.2 Å². The number of hydrogen-bond acceptors (Lipinski definition) is 5. The number of halogens is 1. The van der Waals surface area contributed by atoms with Crippen molar-refractivity contribution in [2.75, 3.05) is 50.8 Å². The molecule has 2 fully saturated rings. The summed E-state index contributed by atoms with van der Waals surface area (Å²) in [6.07, 6.45) is 3.38. The van der Waals surface area contributed by atoms with Gasteiger partial charge in [0.25, 0.3) is 0 Å². The van der Waals surface area contributed by atoms with Gasteiger partial charge in [-0.05, 0) is 94.1 Å². The predicted molar refractivity (Wildman–Crippen MR) is 141 cm³/mol. The first-order chi connectivity index (χ1) is 17.0. The first-order valence-corrected chi connectivity index (χ1v) is 13.0. The summed E-state index contributed by atoms with van der Waals surface area (Å²) in [5.41, 5.74) is 4.03. The van der Waals surface area contributed by atoms with E-state index in [1.165, 1.54) is 18.4 Å². The Kier molecular flexibility index (Phi) is 7.49. The molecular formula is C29H37FN4O. The molecule has 0 amide bonds. The number of fused-ring (bicyclic) bond motifs is 1. The van der Waals surface area contributed by atoms with Gasteiger partial charge < -0.3 is 15.0 Å². The van der Waals surface area contributed by atoms with Crippen LogP contribution in [0.2, 0.25) is 0 Å². The minimum absolute atomic E-state index is 0.102. The van der Waals surface area contributed by atoms with Crippen LogP contribution >= 0.6 is 0 Å². The number of aromatic nitrogens is 1. The second kappa shape index (κ2) is 10.9. The normalized spacial score (nSPS) is 19.9. The highest BCUT2D eigenvalue weighted by atomic mass is 19.1. The number of aryl methyl sites for hydroxylation is 1. The molecule has 1 atom stereocenters.